The van der Waals surface area contributed by atoms with Crippen LogP contribution in [0.3, 0.4) is 0 Å². The summed E-state index contributed by atoms with van der Waals surface area (Å²) in [5.74, 6) is 0.0622. The number of hydrogen-bond acceptors (Lipinski definition) is 3. The van der Waals surface area contributed by atoms with Gasteiger partial charge in [-0.15, -0.1) is 0 Å². The molecule has 17 heavy (non-hydrogen) atoms. The summed E-state index contributed by atoms with van der Waals surface area (Å²) in [4.78, 5) is 0. The molecular formula is C12H25NO3S. The van der Waals surface area contributed by atoms with Crippen LogP contribution in [0.1, 0.15) is 52.4 Å². The Balaban J connectivity index is 2.74. The molecule has 0 radical (unpaired) electrons. The quantitative estimate of drug-likeness (QED) is 0.772. The first-order chi connectivity index (χ1) is 7.83. The van der Waals surface area contributed by atoms with Crippen LogP contribution in [0.2, 0.25) is 0 Å². The SMILES string of the molecule is CC(C)OCC1(CS(N)(=O)=O)CCCCCC1. The Kier molecular flexibility index (Phi) is 5.41. The third-order valence-electron chi connectivity index (χ3n) is 3.39. The van der Waals surface area contributed by atoms with Gasteiger partial charge in [-0.05, 0) is 26.7 Å². The van der Waals surface area contributed by atoms with Crippen LogP contribution in [-0.4, -0.2) is 26.9 Å². The van der Waals surface area contributed by atoms with Crippen LogP contribution in [0, 0.1) is 5.41 Å². The van der Waals surface area contributed by atoms with Crippen molar-refractivity contribution in [2.75, 3.05) is 12.4 Å². The first-order valence-corrected chi connectivity index (χ1v) is 8.17. The molecule has 1 fully saturated rings. The predicted molar refractivity (Wildman–Crippen MR) is 69.2 cm³/mol. The van der Waals surface area contributed by atoms with Gasteiger partial charge in [0.15, 0.2) is 0 Å². The summed E-state index contributed by atoms with van der Waals surface area (Å²) < 4.78 is 28.4. The first-order valence-electron chi connectivity index (χ1n) is 6.45. The van der Waals surface area contributed by atoms with Crippen molar-refractivity contribution in [1.29, 1.82) is 0 Å². The number of rotatable bonds is 5. The molecule has 0 atom stereocenters. The van der Waals surface area contributed by atoms with Crippen LogP contribution in [0.4, 0.5) is 0 Å². The topological polar surface area (TPSA) is 69.4 Å². The maximum atomic E-state index is 11.4. The molecule has 1 saturated carbocycles. The zero-order valence-electron chi connectivity index (χ0n) is 10.9. The largest absolute Gasteiger partial charge is 0.378 e. The van der Waals surface area contributed by atoms with Gasteiger partial charge in [-0.3, -0.25) is 0 Å². The lowest BCUT2D eigenvalue weighted by molar-refractivity contribution is 0.00912. The first kappa shape index (κ1) is 14.9. The molecule has 0 bridgehead atoms. The van der Waals surface area contributed by atoms with E-state index < -0.39 is 10.0 Å². The monoisotopic (exact) mass is 263 g/mol. The van der Waals surface area contributed by atoms with Crippen molar-refractivity contribution in [3.8, 4) is 0 Å². The van der Waals surface area contributed by atoms with Crippen LogP contribution in [0.25, 0.3) is 0 Å². The molecular weight excluding hydrogens is 238 g/mol. The van der Waals surface area contributed by atoms with Crippen molar-refractivity contribution >= 4 is 10.0 Å². The molecule has 1 rings (SSSR count). The van der Waals surface area contributed by atoms with E-state index in [4.69, 9.17) is 9.88 Å². The molecule has 0 heterocycles. The second-order valence-corrected chi connectivity index (χ2v) is 7.20. The van der Waals surface area contributed by atoms with Crippen LogP contribution in [0.5, 0.6) is 0 Å². The summed E-state index contributed by atoms with van der Waals surface area (Å²) in [7, 11) is -3.43. The second-order valence-electron chi connectivity index (χ2n) is 5.58. The maximum Gasteiger partial charge on any atom is 0.209 e. The van der Waals surface area contributed by atoms with Gasteiger partial charge in [-0.25, -0.2) is 13.6 Å². The van der Waals surface area contributed by atoms with Crippen molar-refractivity contribution in [3.05, 3.63) is 0 Å². The molecule has 0 aromatic carbocycles. The van der Waals surface area contributed by atoms with E-state index in [-0.39, 0.29) is 17.3 Å². The Morgan fingerprint density at radius 2 is 1.71 bits per heavy atom. The molecule has 0 saturated heterocycles. The molecule has 0 aromatic rings. The third kappa shape index (κ3) is 5.84. The highest BCUT2D eigenvalue weighted by Crippen LogP contribution is 2.36. The van der Waals surface area contributed by atoms with Crippen molar-refractivity contribution in [2.24, 2.45) is 10.6 Å². The van der Waals surface area contributed by atoms with Crippen LogP contribution in [-0.2, 0) is 14.8 Å². The minimum absolute atomic E-state index is 0.0622. The number of nitrogens with two attached hydrogens (primary N) is 1. The van der Waals surface area contributed by atoms with Crippen molar-refractivity contribution in [1.82, 2.24) is 0 Å². The average molecular weight is 263 g/mol. The molecule has 1 aliphatic rings. The van der Waals surface area contributed by atoms with E-state index in [0.29, 0.717) is 6.61 Å². The molecule has 1 aliphatic carbocycles. The Bertz CT molecular complexity index is 317. The standard InChI is InChI=1S/C12H25NO3S/c1-11(2)16-9-12(10-17(13,14)15)7-5-3-4-6-8-12/h11H,3-10H2,1-2H3,(H2,13,14,15). The predicted octanol–water partition coefficient (Wildman–Crippen LogP) is 2.04. The fourth-order valence-corrected chi connectivity index (χ4v) is 3.80. The van der Waals surface area contributed by atoms with E-state index in [2.05, 4.69) is 0 Å². The fraction of sp³-hybridized carbons (Fsp3) is 1.00. The maximum absolute atomic E-state index is 11.4. The lowest BCUT2D eigenvalue weighted by atomic mass is 9.83. The minimum atomic E-state index is -3.43. The van der Waals surface area contributed by atoms with Gasteiger partial charge in [0.25, 0.3) is 0 Å². The average Bonchev–Trinajstić information content (AvgIpc) is 2.39. The Hall–Kier alpha value is -0.130. The molecule has 0 aliphatic heterocycles. The van der Waals surface area contributed by atoms with Gasteiger partial charge in [-0.1, -0.05) is 25.7 Å². The molecule has 102 valence electrons. The van der Waals surface area contributed by atoms with Gasteiger partial charge in [0.2, 0.25) is 10.0 Å². The van der Waals surface area contributed by atoms with Gasteiger partial charge >= 0.3 is 0 Å². The normalized spacial score (nSPS) is 21.4. The number of ether oxygens (including phenoxy) is 1. The van der Waals surface area contributed by atoms with Gasteiger partial charge in [-0.2, -0.15) is 0 Å². The summed E-state index contributed by atoms with van der Waals surface area (Å²) >= 11 is 0. The Morgan fingerprint density at radius 1 is 1.18 bits per heavy atom. The van der Waals surface area contributed by atoms with Crippen LogP contribution < -0.4 is 5.14 Å². The molecule has 4 nitrogen and oxygen atoms in total. The summed E-state index contributed by atoms with van der Waals surface area (Å²) in [5, 5.41) is 5.23. The molecule has 2 N–H and O–H groups in total. The highest BCUT2D eigenvalue weighted by molar-refractivity contribution is 7.89. The second kappa shape index (κ2) is 6.16. The highest BCUT2D eigenvalue weighted by atomic mass is 32.2. The fourth-order valence-electron chi connectivity index (χ4n) is 2.58. The summed E-state index contributed by atoms with van der Waals surface area (Å²) in [6.45, 7) is 4.46. The highest BCUT2D eigenvalue weighted by Gasteiger charge is 2.35. The third-order valence-corrected chi connectivity index (χ3v) is 4.41. The Labute approximate surface area is 105 Å². The minimum Gasteiger partial charge on any atom is -0.378 e. The van der Waals surface area contributed by atoms with E-state index in [1.54, 1.807) is 0 Å². The van der Waals surface area contributed by atoms with E-state index in [1.165, 1.54) is 12.8 Å². The van der Waals surface area contributed by atoms with E-state index in [9.17, 15) is 8.42 Å². The lowest BCUT2D eigenvalue weighted by Gasteiger charge is -2.32. The van der Waals surface area contributed by atoms with E-state index >= 15 is 0 Å². The summed E-state index contributed by atoms with van der Waals surface area (Å²) in [5.41, 5.74) is -0.256. The molecule has 0 amide bonds. The van der Waals surface area contributed by atoms with Crippen molar-refractivity contribution in [2.45, 2.75) is 58.5 Å². The molecule has 0 aromatic heterocycles. The zero-order valence-corrected chi connectivity index (χ0v) is 11.8. The van der Waals surface area contributed by atoms with E-state index in [1.807, 2.05) is 13.8 Å². The van der Waals surface area contributed by atoms with Crippen LogP contribution >= 0.6 is 0 Å². The van der Waals surface area contributed by atoms with Crippen molar-refractivity contribution in [3.63, 3.8) is 0 Å². The molecule has 0 unspecified atom stereocenters. The Morgan fingerprint density at radius 3 is 2.12 bits per heavy atom. The van der Waals surface area contributed by atoms with Crippen LogP contribution in [0.15, 0.2) is 0 Å². The number of primary sulfonamides is 1. The summed E-state index contributed by atoms with van der Waals surface area (Å²) in [6, 6.07) is 0. The van der Waals surface area contributed by atoms with E-state index in [0.717, 1.165) is 25.7 Å². The number of hydrogen-bond donors (Lipinski definition) is 1. The summed E-state index contributed by atoms with van der Waals surface area (Å²) in [6.07, 6.45) is 6.50. The molecule has 5 heteroatoms. The van der Waals surface area contributed by atoms with Gasteiger partial charge in [0.05, 0.1) is 18.5 Å². The zero-order chi connectivity index (χ0) is 12.9. The van der Waals surface area contributed by atoms with Crippen molar-refractivity contribution < 1.29 is 13.2 Å². The number of sulfonamides is 1. The van der Waals surface area contributed by atoms with Gasteiger partial charge < -0.3 is 4.74 Å². The molecule has 0 spiro atoms. The van der Waals surface area contributed by atoms with Gasteiger partial charge in [0.1, 0.15) is 0 Å². The lowest BCUT2D eigenvalue weighted by Crippen LogP contribution is -2.38. The van der Waals surface area contributed by atoms with Gasteiger partial charge in [0, 0.05) is 5.41 Å². The smallest absolute Gasteiger partial charge is 0.209 e.